The minimum atomic E-state index is -0.157. The lowest BCUT2D eigenvalue weighted by Crippen LogP contribution is -2.32. The standard InChI is InChI=1S/C21H25N3O3/c1-15-6-8-16(9-7-15)13-19(25)24-12-10-17(14-24)27-20-18(5-4-11-22-20)21(26)23(2)3/h4-9,11,17H,10,12-14H2,1-3H3. The van der Waals surface area contributed by atoms with Crippen molar-refractivity contribution in [3.8, 4) is 5.88 Å². The fourth-order valence-electron chi connectivity index (χ4n) is 3.09. The number of rotatable bonds is 5. The van der Waals surface area contributed by atoms with Gasteiger partial charge < -0.3 is 14.5 Å². The second-order valence-electron chi connectivity index (χ2n) is 7.09. The third-order valence-corrected chi connectivity index (χ3v) is 4.66. The van der Waals surface area contributed by atoms with Gasteiger partial charge in [-0.05, 0) is 24.6 Å². The number of amides is 2. The third-order valence-electron chi connectivity index (χ3n) is 4.66. The monoisotopic (exact) mass is 367 g/mol. The molecule has 1 saturated heterocycles. The summed E-state index contributed by atoms with van der Waals surface area (Å²) in [6, 6.07) is 11.4. The summed E-state index contributed by atoms with van der Waals surface area (Å²) in [6.45, 7) is 3.19. The normalized spacial score (nSPS) is 16.3. The van der Waals surface area contributed by atoms with E-state index in [9.17, 15) is 9.59 Å². The Morgan fingerprint density at radius 2 is 1.96 bits per heavy atom. The van der Waals surface area contributed by atoms with Crippen molar-refractivity contribution < 1.29 is 14.3 Å². The number of carbonyl (C=O) groups excluding carboxylic acids is 2. The number of benzene rings is 1. The summed E-state index contributed by atoms with van der Waals surface area (Å²) in [7, 11) is 3.39. The Hall–Kier alpha value is -2.89. The first-order valence-electron chi connectivity index (χ1n) is 9.10. The fourth-order valence-corrected chi connectivity index (χ4v) is 3.09. The Bertz CT molecular complexity index is 818. The van der Waals surface area contributed by atoms with E-state index in [4.69, 9.17) is 4.74 Å². The van der Waals surface area contributed by atoms with Crippen LogP contribution in [0.25, 0.3) is 0 Å². The number of likely N-dealkylation sites (tertiary alicyclic amines) is 1. The molecular formula is C21H25N3O3. The number of nitrogens with zero attached hydrogens (tertiary/aromatic N) is 3. The zero-order valence-corrected chi connectivity index (χ0v) is 16.0. The average molecular weight is 367 g/mol. The first-order chi connectivity index (χ1) is 12.9. The van der Waals surface area contributed by atoms with Gasteiger partial charge in [0.15, 0.2) is 0 Å². The van der Waals surface area contributed by atoms with Crippen molar-refractivity contribution in [2.75, 3.05) is 27.2 Å². The van der Waals surface area contributed by atoms with Gasteiger partial charge in [-0.25, -0.2) is 4.98 Å². The predicted octanol–water partition coefficient (Wildman–Crippen LogP) is 2.31. The van der Waals surface area contributed by atoms with Crippen LogP contribution in [0.2, 0.25) is 0 Å². The van der Waals surface area contributed by atoms with Gasteiger partial charge >= 0.3 is 0 Å². The van der Waals surface area contributed by atoms with Crippen LogP contribution in [0, 0.1) is 6.92 Å². The van der Waals surface area contributed by atoms with Crippen LogP contribution in [-0.4, -0.2) is 59.9 Å². The summed E-state index contributed by atoms with van der Waals surface area (Å²) in [5, 5.41) is 0. The third kappa shape index (κ3) is 4.64. The van der Waals surface area contributed by atoms with Crippen LogP contribution < -0.4 is 4.74 Å². The molecule has 1 atom stereocenters. The summed E-state index contributed by atoms with van der Waals surface area (Å²) in [6.07, 6.45) is 2.57. The van der Waals surface area contributed by atoms with Gasteiger partial charge in [0.2, 0.25) is 11.8 Å². The molecule has 27 heavy (non-hydrogen) atoms. The van der Waals surface area contributed by atoms with Crippen molar-refractivity contribution in [1.82, 2.24) is 14.8 Å². The van der Waals surface area contributed by atoms with E-state index in [1.54, 1.807) is 32.4 Å². The second kappa shape index (κ2) is 8.20. The van der Waals surface area contributed by atoms with Gasteiger partial charge in [-0.2, -0.15) is 0 Å². The largest absolute Gasteiger partial charge is 0.472 e. The minimum Gasteiger partial charge on any atom is -0.472 e. The molecule has 0 aliphatic carbocycles. The van der Waals surface area contributed by atoms with Crippen molar-refractivity contribution >= 4 is 11.8 Å². The molecule has 6 nitrogen and oxygen atoms in total. The Labute approximate surface area is 159 Å². The number of aromatic nitrogens is 1. The molecule has 1 fully saturated rings. The first-order valence-corrected chi connectivity index (χ1v) is 9.10. The topological polar surface area (TPSA) is 62.7 Å². The molecule has 1 aliphatic heterocycles. The predicted molar refractivity (Wildman–Crippen MR) is 103 cm³/mol. The van der Waals surface area contributed by atoms with E-state index < -0.39 is 0 Å². The Morgan fingerprint density at radius 1 is 1.22 bits per heavy atom. The van der Waals surface area contributed by atoms with Crippen molar-refractivity contribution in [2.45, 2.75) is 25.9 Å². The summed E-state index contributed by atoms with van der Waals surface area (Å²) in [5.41, 5.74) is 2.63. The molecule has 3 rings (SSSR count). The van der Waals surface area contributed by atoms with E-state index in [1.165, 1.54) is 10.5 Å². The Balaban J connectivity index is 1.61. The second-order valence-corrected chi connectivity index (χ2v) is 7.09. The van der Waals surface area contributed by atoms with E-state index in [2.05, 4.69) is 4.98 Å². The van der Waals surface area contributed by atoms with Gasteiger partial charge in [0, 0.05) is 33.3 Å². The summed E-state index contributed by atoms with van der Waals surface area (Å²) >= 11 is 0. The van der Waals surface area contributed by atoms with Gasteiger partial charge in [-0.15, -0.1) is 0 Å². The van der Waals surface area contributed by atoms with Crippen LogP contribution in [-0.2, 0) is 11.2 Å². The molecule has 1 aromatic carbocycles. The van der Waals surface area contributed by atoms with Crippen LogP contribution in [0.5, 0.6) is 5.88 Å². The number of pyridine rings is 1. The van der Waals surface area contributed by atoms with Crippen LogP contribution in [0.3, 0.4) is 0 Å². The molecule has 0 bridgehead atoms. The molecule has 2 amide bonds. The van der Waals surface area contributed by atoms with Crippen molar-refractivity contribution in [3.05, 3.63) is 59.3 Å². The van der Waals surface area contributed by atoms with Gasteiger partial charge in [0.1, 0.15) is 11.7 Å². The molecule has 0 saturated carbocycles. The van der Waals surface area contributed by atoms with Crippen molar-refractivity contribution in [3.63, 3.8) is 0 Å². The van der Waals surface area contributed by atoms with Gasteiger partial charge in [0.05, 0.1) is 13.0 Å². The smallest absolute Gasteiger partial charge is 0.258 e. The SMILES string of the molecule is Cc1ccc(CC(=O)N2CCC(Oc3ncccc3C(=O)N(C)C)C2)cc1. The highest BCUT2D eigenvalue weighted by molar-refractivity contribution is 5.96. The van der Waals surface area contributed by atoms with E-state index >= 15 is 0 Å². The maximum Gasteiger partial charge on any atom is 0.258 e. The van der Waals surface area contributed by atoms with E-state index in [1.807, 2.05) is 36.1 Å². The molecule has 2 aromatic rings. The zero-order chi connectivity index (χ0) is 19.4. The summed E-state index contributed by atoms with van der Waals surface area (Å²) < 4.78 is 5.97. The van der Waals surface area contributed by atoms with Crippen molar-refractivity contribution in [2.24, 2.45) is 0 Å². The van der Waals surface area contributed by atoms with E-state index in [0.717, 1.165) is 12.0 Å². The van der Waals surface area contributed by atoms with Crippen LogP contribution in [0.1, 0.15) is 27.9 Å². The molecule has 0 N–H and O–H groups in total. The molecule has 1 unspecified atom stereocenters. The number of aryl methyl sites for hydroxylation is 1. The number of hydrogen-bond acceptors (Lipinski definition) is 4. The number of carbonyl (C=O) groups is 2. The summed E-state index contributed by atoms with van der Waals surface area (Å²) in [5.74, 6) is 0.271. The Kier molecular flexibility index (Phi) is 5.74. The number of ether oxygens (including phenoxy) is 1. The quantitative estimate of drug-likeness (QED) is 0.814. The van der Waals surface area contributed by atoms with E-state index in [0.29, 0.717) is 31.0 Å². The molecule has 0 radical (unpaired) electrons. The van der Waals surface area contributed by atoms with Gasteiger partial charge in [0.25, 0.3) is 5.91 Å². The molecule has 0 spiro atoms. The highest BCUT2D eigenvalue weighted by Gasteiger charge is 2.29. The van der Waals surface area contributed by atoms with Crippen molar-refractivity contribution in [1.29, 1.82) is 0 Å². The maximum atomic E-state index is 12.6. The fraction of sp³-hybridized carbons (Fsp3) is 0.381. The lowest BCUT2D eigenvalue weighted by molar-refractivity contribution is -0.129. The Morgan fingerprint density at radius 3 is 2.67 bits per heavy atom. The maximum absolute atomic E-state index is 12.6. The van der Waals surface area contributed by atoms with Crippen LogP contribution >= 0.6 is 0 Å². The zero-order valence-electron chi connectivity index (χ0n) is 16.0. The molecule has 6 heteroatoms. The molecular weight excluding hydrogens is 342 g/mol. The molecule has 1 aromatic heterocycles. The van der Waals surface area contributed by atoms with Gasteiger partial charge in [-0.1, -0.05) is 29.8 Å². The highest BCUT2D eigenvalue weighted by Crippen LogP contribution is 2.22. The highest BCUT2D eigenvalue weighted by atomic mass is 16.5. The first kappa shape index (κ1) is 18.9. The average Bonchev–Trinajstić information content (AvgIpc) is 3.12. The molecule has 2 heterocycles. The molecule has 142 valence electrons. The molecule has 1 aliphatic rings. The number of hydrogen-bond donors (Lipinski definition) is 0. The lowest BCUT2D eigenvalue weighted by Gasteiger charge is -2.19. The van der Waals surface area contributed by atoms with Crippen LogP contribution in [0.4, 0.5) is 0 Å². The lowest BCUT2D eigenvalue weighted by atomic mass is 10.1. The summed E-state index contributed by atoms with van der Waals surface area (Å²) in [4.78, 5) is 32.4. The van der Waals surface area contributed by atoms with Crippen LogP contribution in [0.15, 0.2) is 42.6 Å². The van der Waals surface area contributed by atoms with E-state index in [-0.39, 0.29) is 17.9 Å². The minimum absolute atomic E-state index is 0.0931. The van der Waals surface area contributed by atoms with Gasteiger partial charge in [-0.3, -0.25) is 9.59 Å².